The Balaban J connectivity index is 1.54. The molecular formula is C23H18ClN3O3S3. The number of hydrogen-bond donors (Lipinski definition) is 0. The lowest BCUT2D eigenvalue weighted by atomic mass is 10.1. The van der Waals surface area contributed by atoms with Crippen LogP contribution in [0, 0.1) is 0 Å². The Labute approximate surface area is 206 Å². The molecule has 0 radical (unpaired) electrons. The van der Waals surface area contributed by atoms with Crippen LogP contribution in [-0.4, -0.2) is 50.9 Å². The molecule has 2 saturated heterocycles. The maximum absolute atomic E-state index is 13.2. The molecule has 1 aromatic heterocycles. The molecule has 0 aliphatic carbocycles. The molecule has 2 fully saturated rings. The average Bonchev–Trinajstić information content (AvgIpc) is 3.45. The molecule has 33 heavy (non-hydrogen) atoms. The number of thioether (sulfide) groups is 1. The lowest BCUT2D eigenvalue weighted by molar-refractivity contribution is -0.123. The van der Waals surface area contributed by atoms with Crippen LogP contribution in [0.3, 0.4) is 0 Å². The molecule has 0 spiro atoms. The van der Waals surface area contributed by atoms with Gasteiger partial charge in [0.25, 0.3) is 5.91 Å². The van der Waals surface area contributed by atoms with E-state index in [2.05, 4.69) is 0 Å². The number of para-hydroxylation sites is 1. The maximum atomic E-state index is 13.2. The summed E-state index contributed by atoms with van der Waals surface area (Å²) in [5.74, 6) is -0.228. The van der Waals surface area contributed by atoms with Gasteiger partial charge in [0.2, 0.25) is 0 Å². The molecule has 3 heterocycles. The molecule has 0 unspecified atom stereocenters. The van der Waals surface area contributed by atoms with Crippen molar-refractivity contribution < 1.29 is 13.2 Å². The van der Waals surface area contributed by atoms with E-state index < -0.39 is 15.9 Å². The normalized spacial score (nSPS) is 21.3. The van der Waals surface area contributed by atoms with Gasteiger partial charge >= 0.3 is 0 Å². The van der Waals surface area contributed by atoms with Crippen molar-refractivity contribution in [3.05, 3.63) is 76.3 Å². The fraction of sp³-hybridized carbons (Fsp3) is 0.174. The van der Waals surface area contributed by atoms with E-state index in [1.165, 1.54) is 16.7 Å². The van der Waals surface area contributed by atoms with Gasteiger partial charge in [0.05, 0.1) is 33.8 Å². The van der Waals surface area contributed by atoms with Gasteiger partial charge in [0.1, 0.15) is 4.32 Å². The van der Waals surface area contributed by atoms with Crippen LogP contribution in [-0.2, 0) is 14.6 Å². The second-order valence-corrected chi connectivity index (χ2v) is 12.2. The number of thiocarbonyl (C=S) groups is 1. The molecule has 1 amide bonds. The second kappa shape index (κ2) is 8.72. The summed E-state index contributed by atoms with van der Waals surface area (Å²) in [6, 6.07) is 16.6. The highest BCUT2D eigenvalue weighted by Gasteiger charge is 2.42. The average molecular weight is 516 g/mol. The molecule has 5 rings (SSSR count). The van der Waals surface area contributed by atoms with Crippen molar-refractivity contribution in [3.8, 4) is 16.9 Å². The highest BCUT2D eigenvalue weighted by atomic mass is 35.5. The number of nitrogens with zero attached hydrogens (tertiary/aromatic N) is 3. The van der Waals surface area contributed by atoms with Crippen molar-refractivity contribution in [1.82, 2.24) is 14.7 Å². The predicted molar refractivity (Wildman–Crippen MR) is 136 cm³/mol. The molecule has 10 heteroatoms. The van der Waals surface area contributed by atoms with Gasteiger partial charge in [-0.15, -0.1) is 0 Å². The van der Waals surface area contributed by atoms with Crippen molar-refractivity contribution in [2.45, 2.75) is 12.5 Å². The third-order valence-electron chi connectivity index (χ3n) is 5.56. The minimum atomic E-state index is -3.14. The third-order valence-corrected chi connectivity index (χ3v) is 8.90. The number of halogens is 1. The number of carbonyl (C=O) groups is 1. The zero-order chi connectivity index (χ0) is 23.2. The Morgan fingerprint density at radius 1 is 1.12 bits per heavy atom. The van der Waals surface area contributed by atoms with Crippen molar-refractivity contribution in [2.24, 2.45) is 0 Å². The molecule has 2 aliphatic rings. The van der Waals surface area contributed by atoms with Crippen LogP contribution in [0.4, 0.5) is 0 Å². The third kappa shape index (κ3) is 4.50. The summed E-state index contributed by atoms with van der Waals surface area (Å²) < 4.78 is 26.0. The number of aromatic nitrogens is 2. The zero-order valence-corrected chi connectivity index (χ0v) is 20.4. The van der Waals surface area contributed by atoms with E-state index in [-0.39, 0.29) is 17.4 Å². The molecule has 0 bridgehead atoms. The van der Waals surface area contributed by atoms with Crippen LogP contribution >= 0.6 is 35.6 Å². The first-order valence-corrected chi connectivity index (χ1v) is 13.6. The van der Waals surface area contributed by atoms with Crippen LogP contribution in [0.1, 0.15) is 12.0 Å². The van der Waals surface area contributed by atoms with E-state index in [4.69, 9.17) is 28.9 Å². The van der Waals surface area contributed by atoms with Gasteiger partial charge in [-0.05, 0) is 36.8 Å². The van der Waals surface area contributed by atoms with Gasteiger partial charge in [-0.2, -0.15) is 5.10 Å². The summed E-state index contributed by atoms with van der Waals surface area (Å²) in [4.78, 5) is 15.1. The van der Waals surface area contributed by atoms with E-state index in [0.29, 0.717) is 26.4 Å². The molecule has 0 saturated carbocycles. The number of amides is 1. The van der Waals surface area contributed by atoms with Crippen LogP contribution in [0.2, 0.25) is 5.02 Å². The van der Waals surface area contributed by atoms with Gasteiger partial charge in [0.15, 0.2) is 9.84 Å². The van der Waals surface area contributed by atoms with Crippen LogP contribution in [0.15, 0.2) is 65.7 Å². The fourth-order valence-electron chi connectivity index (χ4n) is 3.95. The van der Waals surface area contributed by atoms with Crippen molar-refractivity contribution in [1.29, 1.82) is 0 Å². The first kappa shape index (κ1) is 22.3. The lowest BCUT2D eigenvalue weighted by Crippen LogP contribution is -2.39. The van der Waals surface area contributed by atoms with Crippen molar-refractivity contribution in [2.75, 3.05) is 11.5 Å². The minimum Gasteiger partial charge on any atom is -0.289 e. The molecule has 1 atom stereocenters. The SMILES string of the molecule is O=C1/C(=C\c2cn(-c3ccccc3)nc2-c2ccc(Cl)cc2)SC(=S)N1[C@@H]1CCS(=O)(=O)C1. The smallest absolute Gasteiger partial charge is 0.266 e. The molecular weight excluding hydrogens is 498 g/mol. The summed E-state index contributed by atoms with van der Waals surface area (Å²) in [5, 5.41) is 5.39. The van der Waals surface area contributed by atoms with Gasteiger partial charge in [-0.3, -0.25) is 9.69 Å². The lowest BCUT2D eigenvalue weighted by Gasteiger charge is -2.20. The highest BCUT2D eigenvalue weighted by Crippen LogP contribution is 2.37. The summed E-state index contributed by atoms with van der Waals surface area (Å²) >= 11 is 12.7. The number of rotatable bonds is 4. The Kier molecular flexibility index (Phi) is 5.90. The van der Waals surface area contributed by atoms with Crippen molar-refractivity contribution in [3.63, 3.8) is 0 Å². The first-order valence-electron chi connectivity index (χ1n) is 10.2. The summed E-state index contributed by atoms with van der Waals surface area (Å²) in [6.07, 6.45) is 4.05. The summed E-state index contributed by atoms with van der Waals surface area (Å²) in [5.41, 5.74) is 3.19. The summed E-state index contributed by atoms with van der Waals surface area (Å²) in [6.45, 7) is 0. The van der Waals surface area contributed by atoms with E-state index >= 15 is 0 Å². The van der Waals surface area contributed by atoms with Gasteiger partial charge in [0, 0.05) is 22.3 Å². The number of hydrogen-bond acceptors (Lipinski definition) is 6. The van der Waals surface area contributed by atoms with Crippen LogP contribution < -0.4 is 0 Å². The predicted octanol–water partition coefficient (Wildman–Crippen LogP) is 4.58. The zero-order valence-electron chi connectivity index (χ0n) is 17.2. The quantitative estimate of drug-likeness (QED) is 0.374. The monoisotopic (exact) mass is 515 g/mol. The topological polar surface area (TPSA) is 72.3 Å². The molecule has 2 aromatic carbocycles. The second-order valence-electron chi connectivity index (χ2n) is 7.83. The highest BCUT2D eigenvalue weighted by molar-refractivity contribution is 8.26. The van der Waals surface area contributed by atoms with Crippen LogP contribution in [0.5, 0.6) is 0 Å². The fourth-order valence-corrected chi connectivity index (χ4v) is 7.17. The Morgan fingerprint density at radius 2 is 1.85 bits per heavy atom. The number of carbonyl (C=O) groups excluding carboxylic acids is 1. The maximum Gasteiger partial charge on any atom is 0.266 e. The number of sulfone groups is 1. The van der Waals surface area contributed by atoms with Crippen molar-refractivity contribution >= 4 is 61.7 Å². The van der Waals surface area contributed by atoms with E-state index in [1.54, 1.807) is 22.9 Å². The van der Waals surface area contributed by atoms with E-state index in [1.807, 2.05) is 48.7 Å². The molecule has 6 nitrogen and oxygen atoms in total. The largest absolute Gasteiger partial charge is 0.289 e. The Morgan fingerprint density at radius 3 is 2.52 bits per heavy atom. The molecule has 0 N–H and O–H groups in total. The van der Waals surface area contributed by atoms with Gasteiger partial charge in [-0.1, -0.05) is 65.9 Å². The van der Waals surface area contributed by atoms with Crippen LogP contribution in [0.25, 0.3) is 23.0 Å². The first-order chi connectivity index (χ1) is 15.8. The van der Waals surface area contributed by atoms with Gasteiger partial charge < -0.3 is 0 Å². The van der Waals surface area contributed by atoms with Gasteiger partial charge in [-0.25, -0.2) is 13.1 Å². The molecule has 3 aromatic rings. The van der Waals surface area contributed by atoms with E-state index in [0.717, 1.165) is 16.8 Å². The molecule has 168 valence electrons. The standard InChI is InChI=1S/C23H18ClN3O3S3/c24-17-8-6-15(7-9-17)21-16(13-26(25-21)18-4-2-1-3-5-18)12-20-22(28)27(23(31)32-20)19-10-11-33(29,30)14-19/h1-9,12-13,19H,10-11,14H2/b20-12+/t19-/m1/s1. The minimum absolute atomic E-state index is 0.0469. The Hall–Kier alpha value is -2.46. The Bertz CT molecular complexity index is 1380. The van der Waals surface area contributed by atoms with E-state index in [9.17, 15) is 13.2 Å². The summed E-state index contributed by atoms with van der Waals surface area (Å²) in [7, 11) is -3.14. The molecule has 2 aliphatic heterocycles. The number of benzene rings is 2.